The molecule has 0 saturated carbocycles. The van der Waals surface area contributed by atoms with E-state index in [1.807, 2.05) is 0 Å². The summed E-state index contributed by atoms with van der Waals surface area (Å²) in [6.07, 6.45) is 3.66. The molecule has 1 aromatic carbocycles. The van der Waals surface area contributed by atoms with Crippen LogP contribution in [0.2, 0.25) is 0 Å². The number of nitrogens with zero attached hydrogens (tertiary/aromatic N) is 1. The third-order valence-corrected chi connectivity index (χ3v) is 2.31. The van der Waals surface area contributed by atoms with E-state index >= 15 is 0 Å². The highest BCUT2D eigenvalue weighted by Crippen LogP contribution is 2.24. The van der Waals surface area contributed by atoms with Crippen molar-refractivity contribution in [3.05, 3.63) is 59.8 Å². The zero-order valence-corrected chi connectivity index (χ0v) is 10.1. The standard InChI is InChI=1S/C14H9F2NO3/c15-10-2-1-3-11(14(10)16)20-12-6-4-9(8-17-12)5-7-13(18)19/h1-8H,(H,18,19)/b7-5+. The molecule has 0 saturated heterocycles. The summed E-state index contributed by atoms with van der Waals surface area (Å²) in [4.78, 5) is 14.2. The van der Waals surface area contributed by atoms with Gasteiger partial charge in [-0.2, -0.15) is 4.39 Å². The number of carboxylic acid groups (broad SMARTS) is 1. The summed E-state index contributed by atoms with van der Waals surface area (Å²) in [6.45, 7) is 0. The Morgan fingerprint density at radius 2 is 2.05 bits per heavy atom. The number of carboxylic acids is 1. The predicted molar refractivity (Wildman–Crippen MR) is 67.3 cm³/mol. The fourth-order valence-electron chi connectivity index (χ4n) is 1.39. The SMILES string of the molecule is O=C(O)/C=C/c1ccc(Oc2cccc(F)c2F)nc1. The van der Waals surface area contributed by atoms with Crippen molar-refractivity contribution in [3.63, 3.8) is 0 Å². The Bertz CT molecular complexity index is 654. The second-order valence-electron chi connectivity index (χ2n) is 3.76. The zero-order valence-electron chi connectivity index (χ0n) is 10.1. The summed E-state index contributed by atoms with van der Waals surface area (Å²) >= 11 is 0. The molecule has 2 aromatic rings. The normalized spacial score (nSPS) is 10.7. The Morgan fingerprint density at radius 1 is 1.25 bits per heavy atom. The molecule has 102 valence electrons. The number of aromatic nitrogens is 1. The third-order valence-electron chi connectivity index (χ3n) is 2.31. The van der Waals surface area contributed by atoms with E-state index in [4.69, 9.17) is 9.84 Å². The van der Waals surface area contributed by atoms with Crippen LogP contribution >= 0.6 is 0 Å². The number of aliphatic carboxylic acids is 1. The Kier molecular flexibility index (Phi) is 4.05. The second-order valence-corrected chi connectivity index (χ2v) is 3.76. The number of carbonyl (C=O) groups is 1. The molecule has 4 nitrogen and oxygen atoms in total. The Balaban J connectivity index is 2.15. The molecule has 1 heterocycles. The van der Waals surface area contributed by atoms with Gasteiger partial charge in [-0.15, -0.1) is 0 Å². The Labute approximate surface area is 113 Å². The van der Waals surface area contributed by atoms with Gasteiger partial charge in [0, 0.05) is 18.3 Å². The number of rotatable bonds is 4. The molecule has 0 aliphatic carbocycles. The van der Waals surface area contributed by atoms with E-state index in [0.717, 1.165) is 12.1 Å². The smallest absolute Gasteiger partial charge is 0.328 e. The van der Waals surface area contributed by atoms with Crippen LogP contribution in [0.4, 0.5) is 8.78 Å². The third kappa shape index (κ3) is 3.38. The quantitative estimate of drug-likeness (QED) is 0.871. The molecule has 0 atom stereocenters. The monoisotopic (exact) mass is 277 g/mol. The van der Waals surface area contributed by atoms with Gasteiger partial charge < -0.3 is 9.84 Å². The lowest BCUT2D eigenvalue weighted by molar-refractivity contribution is -0.131. The average Bonchev–Trinajstić information content (AvgIpc) is 2.43. The average molecular weight is 277 g/mol. The maximum absolute atomic E-state index is 13.4. The molecule has 0 aliphatic heterocycles. The summed E-state index contributed by atoms with van der Waals surface area (Å²) in [5.41, 5.74) is 0.541. The molecule has 6 heteroatoms. The zero-order chi connectivity index (χ0) is 14.5. The molecule has 2 rings (SSSR count). The van der Waals surface area contributed by atoms with E-state index in [0.29, 0.717) is 5.56 Å². The van der Waals surface area contributed by atoms with Gasteiger partial charge in [0.05, 0.1) is 0 Å². The van der Waals surface area contributed by atoms with Gasteiger partial charge >= 0.3 is 5.97 Å². The van der Waals surface area contributed by atoms with Crippen LogP contribution in [-0.4, -0.2) is 16.1 Å². The highest BCUT2D eigenvalue weighted by molar-refractivity contribution is 5.85. The van der Waals surface area contributed by atoms with Gasteiger partial charge in [0.15, 0.2) is 11.6 Å². The number of benzene rings is 1. The summed E-state index contributed by atoms with van der Waals surface area (Å²) in [6, 6.07) is 6.54. The van der Waals surface area contributed by atoms with E-state index in [-0.39, 0.29) is 11.6 Å². The summed E-state index contributed by atoms with van der Waals surface area (Å²) < 4.78 is 31.5. The van der Waals surface area contributed by atoms with Gasteiger partial charge in [-0.05, 0) is 29.8 Å². The predicted octanol–water partition coefficient (Wildman–Crippen LogP) is 3.25. The van der Waals surface area contributed by atoms with Gasteiger partial charge in [0.1, 0.15) is 0 Å². The lowest BCUT2D eigenvalue weighted by Gasteiger charge is -2.06. The number of ether oxygens (including phenoxy) is 1. The molecule has 0 bridgehead atoms. The molecule has 0 aliphatic rings. The molecule has 1 N–H and O–H groups in total. The fourth-order valence-corrected chi connectivity index (χ4v) is 1.39. The Morgan fingerprint density at radius 3 is 2.70 bits per heavy atom. The molecule has 0 radical (unpaired) electrons. The van der Waals surface area contributed by atoms with Crippen molar-refractivity contribution < 1.29 is 23.4 Å². The van der Waals surface area contributed by atoms with Gasteiger partial charge in [0.2, 0.25) is 11.7 Å². The molecule has 0 fully saturated rings. The van der Waals surface area contributed by atoms with Crippen LogP contribution in [0.1, 0.15) is 5.56 Å². The van der Waals surface area contributed by atoms with Crippen molar-refractivity contribution in [2.24, 2.45) is 0 Å². The van der Waals surface area contributed by atoms with Crippen LogP contribution in [0.5, 0.6) is 11.6 Å². The number of hydrogen-bond donors (Lipinski definition) is 1. The van der Waals surface area contributed by atoms with Crippen molar-refractivity contribution in [1.82, 2.24) is 4.98 Å². The first-order chi connectivity index (χ1) is 9.56. The highest BCUT2D eigenvalue weighted by Gasteiger charge is 2.09. The number of hydrogen-bond acceptors (Lipinski definition) is 3. The van der Waals surface area contributed by atoms with Gasteiger partial charge in [-0.3, -0.25) is 0 Å². The van der Waals surface area contributed by atoms with Crippen molar-refractivity contribution in [3.8, 4) is 11.6 Å². The molecule has 1 aromatic heterocycles. The maximum Gasteiger partial charge on any atom is 0.328 e. The minimum atomic E-state index is -1.09. The summed E-state index contributed by atoms with van der Waals surface area (Å²) in [7, 11) is 0. The summed E-state index contributed by atoms with van der Waals surface area (Å²) in [5, 5.41) is 8.47. The van der Waals surface area contributed by atoms with Crippen LogP contribution in [0.25, 0.3) is 6.08 Å². The van der Waals surface area contributed by atoms with E-state index in [1.165, 1.54) is 30.5 Å². The fraction of sp³-hybridized carbons (Fsp3) is 0. The minimum absolute atomic E-state index is 0.0713. The molecule has 0 amide bonds. The Hall–Kier alpha value is -2.76. The van der Waals surface area contributed by atoms with E-state index < -0.39 is 17.6 Å². The first-order valence-electron chi connectivity index (χ1n) is 5.55. The second kappa shape index (κ2) is 5.92. The molecule has 0 spiro atoms. The first-order valence-corrected chi connectivity index (χ1v) is 5.55. The van der Waals surface area contributed by atoms with Crippen molar-refractivity contribution in [2.45, 2.75) is 0 Å². The van der Waals surface area contributed by atoms with Crippen LogP contribution in [0.3, 0.4) is 0 Å². The van der Waals surface area contributed by atoms with Crippen LogP contribution in [-0.2, 0) is 4.79 Å². The number of pyridine rings is 1. The minimum Gasteiger partial charge on any atom is -0.478 e. The van der Waals surface area contributed by atoms with Crippen LogP contribution in [0.15, 0.2) is 42.6 Å². The van der Waals surface area contributed by atoms with E-state index in [1.54, 1.807) is 6.07 Å². The van der Waals surface area contributed by atoms with Crippen molar-refractivity contribution in [1.29, 1.82) is 0 Å². The largest absolute Gasteiger partial charge is 0.478 e. The maximum atomic E-state index is 13.4. The molecular weight excluding hydrogens is 268 g/mol. The van der Waals surface area contributed by atoms with Gasteiger partial charge in [0.25, 0.3) is 0 Å². The van der Waals surface area contributed by atoms with Gasteiger partial charge in [-0.25, -0.2) is 14.2 Å². The van der Waals surface area contributed by atoms with Crippen LogP contribution < -0.4 is 4.74 Å². The molecule has 20 heavy (non-hydrogen) atoms. The number of halogens is 2. The van der Waals surface area contributed by atoms with Crippen molar-refractivity contribution in [2.75, 3.05) is 0 Å². The van der Waals surface area contributed by atoms with Gasteiger partial charge in [-0.1, -0.05) is 6.07 Å². The lowest BCUT2D eigenvalue weighted by Crippen LogP contribution is -1.93. The van der Waals surface area contributed by atoms with Crippen molar-refractivity contribution >= 4 is 12.0 Å². The summed E-state index contributed by atoms with van der Waals surface area (Å²) in [5.74, 6) is -3.38. The van der Waals surface area contributed by atoms with Crippen LogP contribution in [0, 0.1) is 11.6 Å². The van der Waals surface area contributed by atoms with E-state index in [2.05, 4.69) is 4.98 Å². The molecule has 0 unspecified atom stereocenters. The highest BCUT2D eigenvalue weighted by atomic mass is 19.2. The molecular formula is C14H9F2NO3. The van der Waals surface area contributed by atoms with E-state index in [9.17, 15) is 13.6 Å². The lowest BCUT2D eigenvalue weighted by atomic mass is 10.2. The first kappa shape index (κ1) is 13.7. The topological polar surface area (TPSA) is 59.4 Å².